The average Bonchev–Trinajstić information content (AvgIpc) is 3.08. The standard InChI is InChI=1S/C12H11N3O5S/c13-10(16)5-7(12(18)19)14-11(17)6-4-8(20-15-6)9-2-1-3-21-9/h1-4,7H,5H2,(H2,13,16)(H,14,17)(H,18,19)/t7-/m1/s1. The highest BCUT2D eigenvalue weighted by molar-refractivity contribution is 7.13. The van der Waals surface area contributed by atoms with Gasteiger partial charge in [0.05, 0.1) is 11.3 Å². The molecule has 0 saturated heterocycles. The van der Waals surface area contributed by atoms with Crippen molar-refractivity contribution in [3.05, 3.63) is 29.3 Å². The quantitative estimate of drug-likeness (QED) is 0.709. The van der Waals surface area contributed by atoms with E-state index in [2.05, 4.69) is 10.5 Å². The summed E-state index contributed by atoms with van der Waals surface area (Å²) in [6, 6.07) is 3.59. The minimum absolute atomic E-state index is 0.0749. The summed E-state index contributed by atoms with van der Waals surface area (Å²) in [6.07, 6.45) is -0.503. The molecule has 0 spiro atoms. The number of rotatable bonds is 6. The summed E-state index contributed by atoms with van der Waals surface area (Å²) in [5.74, 6) is -2.54. The molecule has 0 radical (unpaired) electrons. The summed E-state index contributed by atoms with van der Waals surface area (Å²) in [5, 5.41) is 16.5. The number of hydrogen-bond acceptors (Lipinski definition) is 6. The number of primary amides is 1. The van der Waals surface area contributed by atoms with E-state index in [1.54, 1.807) is 6.07 Å². The first-order valence-corrected chi connectivity index (χ1v) is 6.68. The number of amides is 2. The number of nitrogens with two attached hydrogens (primary N) is 1. The number of aliphatic carboxylic acids is 1. The Bertz CT molecular complexity index is 664. The van der Waals surface area contributed by atoms with Crippen molar-refractivity contribution in [3.8, 4) is 10.6 Å². The Morgan fingerprint density at radius 3 is 2.81 bits per heavy atom. The number of thiophene rings is 1. The van der Waals surface area contributed by atoms with Gasteiger partial charge in [-0.25, -0.2) is 4.79 Å². The van der Waals surface area contributed by atoms with Gasteiger partial charge in [0.2, 0.25) is 5.91 Å². The molecule has 8 nitrogen and oxygen atoms in total. The predicted molar refractivity (Wildman–Crippen MR) is 72.5 cm³/mol. The van der Waals surface area contributed by atoms with E-state index in [1.165, 1.54) is 17.4 Å². The van der Waals surface area contributed by atoms with Crippen molar-refractivity contribution >= 4 is 29.1 Å². The van der Waals surface area contributed by atoms with Crippen LogP contribution in [0.15, 0.2) is 28.1 Å². The molecule has 0 unspecified atom stereocenters. The molecule has 1 atom stereocenters. The monoisotopic (exact) mass is 309 g/mol. The number of carbonyl (C=O) groups is 3. The second-order valence-corrected chi connectivity index (χ2v) is 5.04. The number of carboxylic acids is 1. The van der Waals surface area contributed by atoms with E-state index >= 15 is 0 Å². The van der Waals surface area contributed by atoms with Crippen LogP contribution in [-0.4, -0.2) is 34.1 Å². The van der Waals surface area contributed by atoms with E-state index in [1.807, 2.05) is 11.4 Å². The van der Waals surface area contributed by atoms with Crippen molar-refractivity contribution in [1.29, 1.82) is 0 Å². The first-order valence-electron chi connectivity index (χ1n) is 5.80. The van der Waals surface area contributed by atoms with Crippen LogP contribution in [0.25, 0.3) is 10.6 Å². The van der Waals surface area contributed by atoms with Gasteiger partial charge in [0.15, 0.2) is 11.5 Å². The highest BCUT2D eigenvalue weighted by Gasteiger charge is 2.24. The molecule has 2 aromatic heterocycles. The molecule has 110 valence electrons. The molecule has 0 aromatic carbocycles. The molecule has 0 bridgehead atoms. The van der Waals surface area contributed by atoms with E-state index in [9.17, 15) is 14.4 Å². The average molecular weight is 309 g/mol. The third-order valence-electron chi connectivity index (χ3n) is 2.52. The van der Waals surface area contributed by atoms with Crippen LogP contribution in [0.4, 0.5) is 0 Å². The van der Waals surface area contributed by atoms with Crippen molar-refractivity contribution in [1.82, 2.24) is 10.5 Å². The molecule has 4 N–H and O–H groups in total. The van der Waals surface area contributed by atoms with Gasteiger partial charge >= 0.3 is 5.97 Å². The van der Waals surface area contributed by atoms with Crippen LogP contribution in [0.2, 0.25) is 0 Å². The lowest BCUT2D eigenvalue weighted by atomic mass is 10.2. The van der Waals surface area contributed by atoms with Crippen LogP contribution in [-0.2, 0) is 9.59 Å². The first-order chi connectivity index (χ1) is 9.97. The number of carboxylic acid groups (broad SMARTS) is 1. The SMILES string of the molecule is NC(=O)C[C@@H](NC(=O)c1cc(-c2cccs2)on1)C(=O)O. The van der Waals surface area contributed by atoms with Crippen molar-refractivity contribution in [2.45, 2.75) is 12.5 Å². The third-order valence-corrected chi connectivity index (χ3v) is 3.40. The minimum atomic E-state index is -1.41. The van der Waals surface area contributed by atoms with E-state index in [0.717, 1.165) is 4.88 Å². The lowest BCUT2D eigenvalue weighted by Crippen LogP contribution is -2.43. The van der Waals surface area contributed by atoms with Crippen LogP contribution in [0.1, 0.15) is 16.9 Å². The number of aromatic nitrogens is 1. The fourth-order valence-electron chi connectivity index (χ4n) is 1.55. The van der Waals surface area contributed by atoms with E-state index in [4.69, 9.17) is 15.4 Å². The van der Waals surface area contributed by atoms with Crippen LogP contribution in [0, 0.1) is 0 Å². The van der Waals surface area contributed by atoms with E-state index < -0.39 is 30.2 Å². The Balaban J connectivity index is 2.09. The molecular formula is C12H11N3O5S. The number of carbonyl (C=O) groups excluding carboxylic acids is 2. The maximum absolute atomic E-state index is 11.9. The summed E-state index contributed by atoms with van der Waals surface area (Å²) in [7, 11) is 0. The summed E-state index contributed by atoms with van der Waals surface area (Å²) >= 11 is 1.41. The highest BCUT2D eigenvalue weighted by Crippen LogP contribution is 2.25. The number of nitrogens with zero attached hydrogens (tertiary/aromatic N) is 1. The predicted octanol–water partition coefficient (Wildman–Crippen LogP) is 0.461. The minimum Gasteiger partial charge on any atom is -0.480 e. The molecule has 2 rings (SSSR count). The van der Waals surface area contributed by atoms with Crippen LogP contribution in [0.5, 0.6) is 0 Å². The van der Waals surface area contributed by atoms with Crippen LogP contribution < -0.4 is 11.1 Å². The largest absolute Gasteiger partial charge is 0.480 e. The zero-order valence-corrected chi connectivity index (χ0v) is 11.4. The van der Waals surface area contributed by atoms with Crippen molar-refractivity contribution < 1.29 is 24.0 Å². The summed E-state index contributed by atoms with van der Waals surface area (Å²) < 4.78 is 5.01. The van der Waals surface area contributed by atoms with Crippen LogP contribution >= 0.6 is 11.3 Å². The molecule has 0 fully saturated rings. The molecule has 2 aromatic rings. The lowest BCUT2D eigenvalue weighted by Gasteiger charge is -2.10. The molecule has 9 heteroatoms. The topological polar surface area (TPSA) is 136 Å². The summed E-state index contributed by atoms with van der Waals surface area (Å²) in [6.45, 7) is 0. The Labute approximate surface area is 122 Å². The summed E-state index contributed by atoms with van der Waals surface area (Å²) in [4.78, 5) is 34.4. The Morgan fingerprint density at radius 2 is 2.24 bits per heavy atom. The molecule has 2 heterocycles. The maximum atomic E-state index is 11.9. The highest BCUT2D eigenvalue weighted by atomic mass is 32.1. The van der Waals surface area contributed by atoms with Crippen molar-refractivity contribution in [2.75, 3.05) is 0 Å². The molecular weight excluding hydrogens is 298 g/mol. The Kier molecular flexibility index (Phi) is 4.33. The maximum Gasteiger partial charge on any atom is 0.326 e. The van der Waals surface area contributed by atoms with Crippen molar-refractivity contribution in [3.63, 3.8) is 0 Å². The van der Waals surface area contributed by atoms with Gasteiger partial charge in [0.1, 0.15) is 6.04 Å². The van der Waals surface area contributed by atoms with Crippen LogP contribution in [0.3, 0.4) is 0 Å². The Hall–Kier alpha value is -2.68. The van der Waals surface area contributed by atoms with E-state index in [-0.39, 0.29) is 5.69 Å². The molecule has 0 aliphatic rings. The van der Waals surface area contributed by atoms with E-state index in [0.29, 0.717) is 5.76 Å². The zero-order chi connectivity index (χ0) is 15.4. The lowest BCUT2D eigenvalue weighted by molar-refractivity contribution is -0.140. The van der Waals surface area contributed by atoms with Gasteiger partial charge in [-0.15, -0.1) is 11.3 Å². The normalized spacial score (nSPS) is 11.8. The van der Waals surface area contributed by atoms with Gasteiger partial charge in [-0.2, -0.15) is 0 Å². The molecule has 0 saturated carbocycles. The molecule has 21 heavy (non-hydrogen) atoms. The number of hydrogen-bond donors (Lipinski definition) is 3. The molecule has 0 aliphatic carbocycles. The van der Waals surface area contributed by atoms with Gasteiger partial charge in [0, 0.05) is 6.07 Å². The second-order valence-electron chi connectivity index (χ2n) is 4.09. The molecule has 0 aliphatic heterocycles. The fourth-order valence-corrected chi connectivity index (χ4v) is 2.22. The first kappa shape index (κ1) is 14.7. The fraction of sp³-hybridized carbons (Fsp3) is 0.167. The van der Waals surface area contributed by atoms with Gasteiger partial charge in [-0.05, 0) is 11.4 Å². The van der Waals surface area contributed by atoms with Gasteiger partial charge in [0.25, 0.3) is 5.91 Å². The zero-order valence-electron chi connectivity index (χ0n) is 10.6. The Morgan fingerprint density at radius 1 is 1.48 bits per heavy atom. The van der Waals surface area contributed by atoms with Gasteiger partial charge < -0.3 is 20.7 Å². The third kappa shape index (κ3) is 3.66. The second kappa shape index (κ2) is 6.18. The smallest absolute Gasteiger partial charge is 0.326 e. The molecule has 2 amide bonds. The van der Waals surface area contributed by atoms with Gasteiger partial charge in [-0.1, -0.05) is 11.2 Å². The van der Waals surface area contributed by atoms with Gasteiger partial charge in [-0.3, -0.25) is 9.59 Å². The van der Waals surface area contributed by atoms with Crippen molar-refractivity contribution in [2.24, 2.45) is 5.73 Å². The summed E-state index contributed by atoms with van der Waals surface area (Å²) in [5.41, 5.74) is 4.85. The number of nitrogens with one attached hydrogen (secondary N) is 1.